The summed E-state index contributed by atoms with van der Waals surface area (Å²) in [5, 5.41) is 10.4. The molecular weight excluding hydrogens is 321 g/mol. The third-order valence-electron chi connectivity index (χ3n) is 3.61. The molecule has 1 aliphatic carbocycles. The lowest BCUT2D eigenvalue weighted by molar-refractivity contribution is 0.0724. The summed E-state index contributed by atoms with van der Waals surface area (Å²) in [5.74, 6) is -0.0266. The van der Waals surface area contributed by atoms with Crippen LogP contribution >= 0.6 is 23.2 Å². The number of aliphatic hydroxyl groups excluding tert-OH is 1. The molecule has 0 spiro atoms. The Bertz CT molecular complexity index is 577. The molecule has 0 aliphatic heterocycles. The first-order valence-corrected chi connectivity index (χ1v) is 8.77. The summed E-state index contributed by atoms with van der Waals surface area (Å²) in [6.45, 7) is 0.240. The fourth-order valence-electron chi connectivity index (χ4n) is 2.37. The molecule has 7 heteroatoms. The molecular formula is C13H17Cl2NO3S. The second-order valence-electron chi connectivity index (χ2n) is 5.04. The number of sulfonamides is 1. The molecule has 0 amide bonds. The minimum absolute atomic E-state index is 0.0266. The average Bonchev–Trinajstić information content (AvgIpc) is 2.41. The van der Waals surface area contributed by atoms with Crippen molar-refractivity contribution in [2.75, 3.05) is 6.54 Å². The van der Waals surface area contributed by atoms with Crippen LogP contribution in [0.5, 0.6) is 0 Å². The van der Waals surface area contributed by atoms with E-state index in [1.807, 2.05) is 0 Å². The third kappa shape index (κ3) is 3.86. The molecule has 2 atom stereocenters. The van der Waals surface area contributed by atoms with Gasteiger partial charge in [-0.1, -0.05) is 36.0 Å². The van der Waals surface area contributed by atoms with Gasteiger partial charge in [0.05, 0.1) is 21.0 Å². The van der Waals surface area contributed by atoms with Crippen LogP contribution in [0.2, 0.25) is 10.0 Å². The highest BCUT2D eigenvalue weighted by Crippen LogP contribution is 2.26. The number of benzene rings is 1. The molecule has 0 radical (unpaired) electrons. The van der Waals surface area contributed by atoms with Crippen LogP contribution in [0.4, 0.5) is 0 Å². The molecule has 2 N–H and O–H groups in total. The molecule has 0 bridgehead atoms. The van der Waals surface area contributed by atoms with Crippen LogP contribution in [0.1, 0.15) is 25.7 Å². The molecule has 2 unspecified atom stereocenters. The lowest BCUT2D eigenvalue weighted by Crippen LogP contribution is -2.36. The van der Waals surface area contributed by atoms with E-state index in [9.17, 15) is 13.5 Å². The fourth-order valence-corrected chi connectivity index (χ4v) is 3.85. The molecule has 2 rings (SSSR count). The largest absolute Gasteiger partial charge is 0.393 e. The summed E-state index contributed by atoms with van der Waals surface area (Å²) in [4.78, 5) is 0.0807. The van der Waals surface area contributed by atoms with Crippen molar-refractivity contribution in [2.45, 2.75) is 36.7 Å². The molecule has 1 aromatic rings. The minimum atomic E-state index is -3.63. The lowest BCUT2D eigenvalue weighted by atomic mass is 9.87. The highest BCUT2D eigenvalue weighted by molar-refractivity contribution is 7.89. The lowest BCUT2D eigenvalue weighted by Gasteiger charge is -2.27. The Kier molecular flexibility index (Phi) is 5.31. The van der Waals surface area contributed by atoms with Crippen LogP contribution < -0.4 is 4.72 Å². The van der Waals surface area contributed by atoms with Gasteiger partial charge in [-0.2, -0.15) is 0 Å². The van der Waals surface area contributed by atoms with Crippen molar-refractivity contribution < 1.29 is 13.5 Å². The average molecular weight is 338 g/mol. The Labute approximate surface area is 129 Å². The summed E-state index contributed by atoms with van der Waals surface area (Å²) in [6.07, 6.45) is 3.16. The van der Waals surface area contributed by atoms with Crippen LogP contribution in [-0.4, -0.2) is 26.2 Å². The highest BCUT2D eigenvalue weighted by Gasteiger charge is 2.25. The monoisotopic (exact) mass is 337 g/mol. The molecule has 112 valence electrons. The summed E-state index contributed by atoms with van der Waals surface area (Å²) in [7, 11) is -3.63. The van der Waals surface area contributed by atoms with E-state index in [-0.39, 0.29) is 22.4 Å². The Balaban J connectivity index is 2.05. The first-order chi connectivity index (χ1) is 9.40. The molecule has 1 fully saturated rings. The number of hydrogen-bond donors (Lipinski definition) is 2. The molecule has 0 heterocycles. The Morgan fingerprint density at radius 2 is 1.90 bits per heavy atom. The molecule has 4 nitrogen and oxygen atoms in total. The number of rotatable bonds is 4. The summed E-state index contributed by atoms with van der Waals surface area (Å²) < 4.78 is 26.8. The van der Waals surface area contributed by atoms with Gasteiger partial charge >= 0.3 is 0 Å². The van der Waals surface area contributed by atoms with E-state index in [0.29, 0.717) is 5.02 Å². The normalized spacial score (nSPS) is 23.8. The van der Waals surface area contributed by atoms with Crippen molar-refractivity contribution in [3.63, 3.8) is 0 Å². The predicted octanol–water partition coefficient (Wildman–Crippen LogP) is 2.82. The van der Waals surface area contributed by atoms with Crippen LogP contribution in [0.15, 0.2) is 23.1 Å². The van der Waals surface area contributed by atoms with Gasteiger partial charge in [0.1, 0.15) is 0 Å². The van der Waals surface area contributed by atoms with E-state index >= 15 is 0 Å². The molecule has 1 saturated carbocycles. The zero-order valence-electron chi connectivity index (χ0n) is 10.9. The molecule has 1 aliphatic rings. The van der Waals surface area contributed by atoms with Gasteiger partial charge in [-0.15, -0.1) is 0 Å². The van der Waals surface area contributed by atoms with E-state index < -0.39 is 16.1 Å². The minimum Gasteiger partial charge on any atom is -0.393 e. The van der Waals surface area contributed by atoms with Gasteiger partial charge in [-0.3, -0.25) is 0 Å². The fraction of sp³-hybridized carbons (Fsp3) is 0.538. The maximum atomic E-state index is 12.2. The quantitative estimate of drug-likeness (QED) is 0.887. The summed E-state index contributed by atoms with van der Waals surface area (Å²) >= 11 is 11.6. The van der Waals surface area contributed by atoms with Gasteiger partial charge in [0, 0.05) is 6.54 Å². The van der Waals surface area contributed by atoms with Gasteiger partial charge in [-0.05, 0) is 37.0 Å². The zero-order chi connectivity index (χ0) is 14.8. The Morgan fingerprint density at radius 3 is 2.55 bits per heavy atom. The summed E-state index contributed by atoms with van der Waals surface area (Å²) in [5.41, 5.74) is 0. The Hall–Kier alpha value is -0.330. The van der Waals surface area contributed by atoms with E-state index in [4.69, 9.17) is 23.2 Å². The van der Waals surface area contributed by atoms with Crippen molar-refractivity contribution in [1.82, 2.24) is 4.72 Å². The second-order valence-corrected chi connectivity index (χ2v) is 7.62. The van der Waals surface area contributed by atoms with Crippen LogP contribution in [0.3, 0.4) is 0 Å². The van der Waals surface area contributed by atoms with Gasteiger partial charge in [0.25, 0.3) is 0 Å². The topological polar surface area (TPSA) is 66.4 Å². The van der Waals surface area contributed by atoms with Crippen molar-refractivity contribution in [3.8, 4) is 0 Å². The molecule has 0 aromatic heterocycles. The molecule has 20 heavy (non-hydrogen) atoms. The van der Waals surface area contributed by atoms with Gasteiger partial charge in [0.2, 0.25) is 10.0 Å². The second kappa shape index (κ2) is 6.62. The van der Waals surface area contributed by atoms with E-state index in [2.05, 4.69) is 4.72 Å². The number of hydrogen-bond acceptors (Lipinski definition) is 3. The van der Waals surface area contributed by atoms with Gasteiger partial charge in [0.15, 0.2) is 0 Å². The first kappa shape index (κ1) is 16.0. The van der Waals surface area contributed by atoms with Gasteiger partial charge < -0.3 is 5.11 Å². The predicted molar refractivity (Wildman–Crippen MR) is 79.6 cm³/mol. The maximum absolute atomic E-state index is 12.2. The van der Waals surface area contributed by atoms with E-state index in [1.165, 1.54) is 18.2 Å². The SMILES string of the molecule is O=S(=O)(NCC1CCCCC1O)c1ccc(Cl)c(Cl)c1. The zero-order valence-corrected chi connectivity index (χ0v) is 13.2. The first-order valence-electron chi connectivity index (χ1n) is 6.53. The van der Waals surface area contributed by atoms with Crippen molar-refractivity contribution in [3.05, 3.63) is 28.2 Å². The van der Waals surface area contributed by atoms with E-state index in [1.54, 1.807) is 0 Å². The van der Waals surface area contributed by atoms with Crippen molar-refractivity contribution in [1.29, 1.82) is 0 Å². The summed E-state index contributed by atoms with van der Waals surface area (Å²) in [6, 6.07) is 4.19. The van der Waals surface area contributed by atoms with E-state index in [0.717, 1.165) is 25.7 Å². The number of aliphatic hydroxyl groups is 1. The Morgan fingerprint density at radius 1 is 1.20 bits per heavy atom. The number of nitrogens with one attached hydrogen (secondary N) is 1. The molecule has 1 aromatic carbocycles. The third-order valence-corrected chi connectivity index (χ3v) is 5.77. The van der Waals surface area contributed by atoms with Crippen LogP contribution in [0, 0.1) is 5.92 Å². The van der Waals surface area contributed by atoms with Crippen LogP contribution in [0.25, 0.3) is 0 Å². The van der Waals surface area contributed by atoms with Crippen molar-refractivity contribution >= 4 is 33.2 Å². The molecule has 0 saturated heterocycles. The number of halogens is 2. The smallest absolute Gasteiger partial charge is 0.240 e. The highest BCUT2D eigenvalue weighted by atomic mass is 35.5. The standard InChI is InChI=1S/C13H17Cl2NO3S/c14-11-6-5-10(7-12(11)15)20(18,19)16-8-9-3-1-2-4-13(9)17/h5-7,9,13,16-17H,1-4,8H2. The van der Waals surface area contributed by atoms with Crippen molar-refractivity contribution in [2.24, 2.45) is 5.92 Å². The van der Waals surface area contributed by atoms with Gasteiger partial charge in [-0.25, -0.2) is 13.1 Å². The maximum Gasteiger partial charge on any atom is 0.240 e. The van der Waals surface area contributed by atoms with Crippen LogP contribution in [-0.2, 0) is 10.0 Å².